The van der Waals surface area contributed by atoms with Crippen LogP contribution in [0.3, 0.4) is 0 Å². The molecule has 1 aromatic carbocycles. The summed E-state index contributed by atoms with van der Waals surface area (Å²) in [5, 5.41) is 0. The number of carbonyl (C=O) groups is 2. The molecule has 1 heterocycles. The smallest absolute Gasteiger partial charge is 0.340 e. The molecule has 1 saturated heterocycles. The fraction of sp³-hybridized carbons (Fsp3) is 0.429. The SMILES string of the molecule is Nc1ccc(I)cc1C(=O)OCC(=O)N1CCCCC1. The summed E-state index contributed by atoms with van der Waals surface area (Å²) >= 11 is 2.09. The molecular formula is C14H17IN2O3. The number of amides is 1. The predicted molar refractivity (Wildman–Crippen MR) is 84.3 cm³/mol. The van der Waals surface area contributed by atoms with Crippen molar-refractivity contribution in [3.8, 4) is 0 Å². The fourth-order valence-electron chi connectivity index (χ4n) is 2.14. The lowest BCUT2D eigenvalue weighted by atomic mass is 10.1. The van der Waals surface area contributed by atoms with Gasteiger partial charge >= 0.3 is 5.97 Å². The molecule has 0 aromatic heterocycles. The van der Waals surface area contributed by atoms with E-state index in [0.717, 1.165) is 35.9 Å². The van der Waals surface area contributed by atoms with E-state index >= 15 is 0 Å². The summed E-state index contributed by atoms with van der Waals surface area (Å²) in [6.07, 6.45) is 3.19. The van der Waals surface area contributed by atoms with Crippen LogP contribution in [0.1, 0.15) is 29.6 Å². The van der Waals surface area contributed by atoms with Crippen molar-refractivity contribution in [3.05, 3.63) is 27.3 Å². The first-order chi connectivity index (χ1) is 9.58. The monoisotopic (exact) mass is 388 g/mol. The molecule has 0 unspecified atom stereocenters. The number of halogens is 1. The first-order valence-electron chi connectivity index (χ1n) is 6.58. The van der Waals surface area contributed by atoms with Crippen LogP contribution in [0, 0.1) is 3.57 Å². The third-order valence-electron chi connectivity index (χ3n) is 3.27. The van der Waals surface area contributed by atoms with Crippen LogP contribution in [-0.4, -0.2) is 36.5 Å². The summed E-state index contributed by atoms with van der Waals surface area (Å²) in [4.78, 5) is 25.6. The molecule has 1 amide bonds. The largest absolute Gasteiger partial charge is 0.452 e. The van der Waals surface area contributed by atoms with Gasteiger partial charge in [-0.3, -0.25) is 4.79 Å². The van der Waals surface area contributed by atoms with Crippen molar-refractivity contribution < 1.29 is 14.3 Å². The summed E-state index contributed by atoms with van der Waals surface area (Å²) < 4.78 is 5.96. The number of ether oxygens (including phenoxy) is 1. The minimum absolute atomic E-state index is 0.137. The zero-order chi connectivity index (χ0) is 14.5. The highest BCUT2D eigenvalue weighted by atomic mass is 127. The van der Waals surface area contributed by atoms with Gasteiger partial charge in [0.05, 0.1) is 5.56 Å². The van der Waals surface area contributed by atoms with Crippen LogP contribution in [0.2, 0.25) is 0 Å². The lowest BCUT2D eigenvalue weighted by Gasteiger charge is -2.26. The topological polar surface area (TPSA) is 72.6 Å². The van der Waals surface area contributed by atoms with Gasteiger partial charge in [-0.15, -0.1) is 0 Å². The molecule has 0 saturated carbocycles. The van der Waals surface area contributed by atoms with Crippen LogP contribution in [-0.2, 0) is 9.53 Å². The molecule has 1 fully saturated rings. The highest BCUT2D eigenvalue weighted by Crippen LogP contribution is 2.17. The van der Waals surface area contributed by atoms with Gasteiger partial charge in [0, 0.05) is 22.3 Å². The quantitative estimate of drug-likeness (QED) is 0.489. The molecule has 20 heavy (non-hydrogen) atoms. The van der Waals surface area contributed by atoms with Crippen LogP contribution in [0.25, 0.3) is 0 Å². The van der Waals surface area contributed by atoms with Gasteiger partial charge in [0.25, 0.3) is 5.91 Å². The Morgan fingerprint density at radius 3 is 2.65 bits per heavy atom. The summed E-state index contributed by atoms with van der Waals surface area (Å²) in [6, 6.07) is 5.12. The van der Waals surface area contributed by atoms with Crippen molar-refractivity contribution in [3.63, 3.8) is 0 Å². The van der Waals surface area contributed by atoms with Gasteiger partial charge in [0.15, 0.2) is 6.61 Å². The molecular weight excluding hydrogens is 371 g/mol. The number of esters is 1. The number of benzene rings is 1. The zero-order valence-electron chi connectivity index (χ0n) is 11.1. The maximum atomic E-state index is 11.9. The molecule has 0 aliphatic carbocycles. The van der Waals surface area contributed by atoms with E-state index in [1.165, 1.54) is 0 Å². The molecule has 108 valence electrons. The highest BCUT2D eigenvalue weighted by molar-refractivity contribution is 14.1. The van der Waals surface area contributed by atoms with Crippen LogP contribution in [0.5, 0.6) is 0 Å². The predicted octanol–water partition coefficient (Wildman–Crippen LogP) is 2.04. The summed E-state index contributed by atoms with van der Waals surface area (Å²) in [6.45, 7) is 1.28. The number of likely N-dealkylation sites (tertiary alicyclic amines) is 1. The average Bonchev–Trinajstić information content (AvgIpc) is 2.47. The number of carbonyl (C=O) groups excluding carboxylic acids is 2. The molecule has 6 heteroatoms. The Morgan fingerprint density at radius 2 is 1.95 bits per heavy atom. The Morgan fingerprint density at radius 1 is 1.25 bits per heavy atom. The second kappa shape index (κ2) is 6.92. The molecule has 2 rings (SSSR count). The van der Waals surface area contributed by atoms with Gasteiger partial charge < -0.3 is 15.4 Å². The molecule has 1 aliphatic heterocycles. The van der Waals surface area contributed by atoms with Crippen molar-refractivity contribution in [2.75, 3.05) is 25.4 Å². The number of nitrogens with zero attached hydrogens (tertiary/aromatic N) is 1. The Bertz CT molecular complexity index is 513. The number of anilines is 1. The van der Waals surface area contributed by atoms with E-state index in [9.17, 15) is 9.59 Å². The lowest BCUT2D eigenvalue weighted by Crippen LogP contribution is -2.38. The number of piperidine rings is 1. The number of hydrogen-bond acceptors (Lipinski definition) is 4. The van der Waals surface area contributed by atoms with E-state index in [1.54, 1.807) is 17.0 Å². The standard InChI is InChI=1S/C14H17IN2O3/c15-10-4-5-12(16)11(8-10)14(19)20-9-13(18)17-6-2-1-3-7-17/h4-5,8H,1-3,6-7,9,16H2. The van der Waals surface area contributed by atoms with Gasteiger partial charge in [-0.05, 0) is 60.1 Å². The van der Waals surface area contributed by atoms with Gasteiger partial charge in [-0.25, -0.2) is 4.79 Å². The molecule has 0 atom stereocenters. The van der Waals surface area contributed by atoms with Gasteiger partial charge in [0.1, 0.15) is 0 Å². The summed E-state index contributed by atoms with van der Waals surface area (Å²) in [5.74, 6) is -0.686. The first kappa shape index (κ1) is 15.1. The molecule has 0 bridgehead atoms. The van der Waals surface area contributed by atoms with E-state index in [-0.39, 0.29) is 12.5 Å². The Kier molecular flexibility index (Phi) is 5.22. The van der Waals surface area contributed by atoms with Crippen molar-refractivity contribution in [1.82, 2.24) is 4.90 Å². The van der Waals surface area contributed by atoms with Crippen LogP contribution >= 0.6 is 22.6 Å². The fourth-order valence-corrected chi connectivity index (χ4v) is 2.64. The van der Waals surface area contributed by atoms with Gasteiger partial charge in [-0.2, -0.15) is 0 Å². The van der Waals surface area contributed by atoms with Crippen molar-refractivity contribution in [2.45, 2.75) is 19.3 Å². The zero-order valence-corrected chi connectivity index (χ0v) is 13.3. The number of hydrogen-bond donors (Lipinski definition) is 1. The Hall–Kier alpha value is -1.31. The van der Waals surface area contributed by atoms with Crippen LogP contribution in [0.4, 0.5) is 5.69 Å². The maximum absolute atomic E-state index is 11.9. The van der Waals surface area contributed by atoms with Crippen molar-refractivity contribution in [1.29, 1.82) is 0 Å². The Labute approximate surface area is 131 Å². The van der Waals surface area contributed by atoms with E-state index in [4.69, 9.17) is 10.5 Å². The molecule has 1 aliphatic rings. The van der Waals surface area contributed by atoms with E-state index in [0.29, 0.717) is 11.3 Å². The molecule has 5 nitrogen and oxygen atoms in total. The molecule has 0 spiro atoms. The van der Waals surface area contributed by atoms with Gasteiger partial charge in [0.2, 0.25) is 0 Å². The van der Waals surface area contributed by atoms with Crippen LogP contribution < -0.4 is 5.73 Å². The van der Waals surface area contributed by atoms with Crippen LogP contribution in [0.15, 0.2) is 18.2 Å². The van der Waals surface area contributed by atoms with E-state index in [2.05, 4.69) is 22.6 Å². The average molecular weight is 388 g/mol. The summed E-state index contributed by atoms with van der Waals surface area (Å²) in [5.41, 5.74) is 6.41. The van der Waals surface area contributed by atoms with E-state index < -0.39 is 5.97 Å². The normalized spacial score (nSPS) is 14.9. The molecule has 1 aromatic rings. The minimum atomic E-state index is -0.550. The highest BCUT2D eigenvalue weighted by Gasteiger charge is 2.19. The van der Waals surface area contributed by atoms with Gasteiger partial charge in [-0.1, -0.05) is 0 Å². The summed E-state index contributed by atoms with van der Waals surface area (Å²) in [7, 11) is 0. The third kappa shape index (κ3) is 3.84. The van der Waals surface area contributed by atoms with Crippen molar-refractivity contribution in [2.24, 2.45) is 0 Å². The lowest BCUT2D eigenvalue weighted by molar-refractivity contribution is -0.135. The molecule has 0 radical (unpaired) electrons. The van der Waals surface area contributed by atoms with E-state index in [1.807, 2.05) is 6.07 Å². The Balaban J connectivity index is 1.91. The number of nitrogen functional groups attached to an aromatic ring is 1. The second-order valence-corrected chi connectivity index (χ2v) is 5.99. The third-order valence-corrected chi connectivity index (χ3v) is 3.94. The second-order valence-electron chi connectivity index (χ2n) is 4.75. The number of nitrogens with two attached hydrogens (primary N) is 1. The minimum Gasteiger partial charge on any atom is -0.452 e. The first-order valence-corrected chi connectivity index (χ1v) is 7.66. The number of rotatable bonds is 3. The van der Waals surface area contributed by atoms with Crippen molar-refractivity contribution >= 4 is 40.2 Å². The maximum Gasteiger partial charge on any atom is 0.340 e. The molecule has 2 N–H and O–H groups in total.